The highest BCUT2D eigenvalue weighted by Crippen LogP contribution is 2.34. The number of carbonyl (C=O) groups excluding carboxylic acids is 1. The SMILES string of the molecule is Cc1c(Cl)ccc2sc(N(Cc3ccncc3)C(=O)CCCS(=O)(=O)c3ccc(F)cc3)nc12. The number of anilines is 1. The van der Waals surface area contributed by atoms with E-state index in [1.807, 2.05) is 25.1 Å². The van der Waals surface area contributed by atoms with E-state index >= 15 is 0 Å². The van der Waals surface area contributed by atoms with Crippen molar-refractivity contribution in [3.63, 3.8) is 0 Å². The van der Waals surface area contributed by atoms with Crippen LogP contribution in [0.5, 0.6) is 0 Å². The summed E-state index contributed by atoms with van der Waals surface area (Å²) in [7, 11) is -3.63. The fraction of sp³-hybridized carbons (Fsp3) is 0.208. The summed E-state index contributed by atoms with van der Waals surface area (Å²) in [5.41, 5.74) is 2.44. The first-order valence-electron chi connectivity index (χ1n) is 10.5. The molecule has 2 aromatic heterocycles. The first kappa shape index (κ1) is 24.3. The van der Waals surface area contributed by atoms with Crippen LogP contribution in [0.2, 0.25) is 5.02 Å². The smallest absolute Gasteiger partial charge is 0.229 e. The molecule has 0 aliphatic rings. The van der Waals surface area contributed by atoms with Gasteiger partial charge in [-0.05, 0) is 73.0 Å². The second kappa shape index (κ2) is 10.2. The summed E-state index contributed by atoms with van der Waals surface area (Å²) in [5, 5.41) is 1.12. The number of pyridine rings is 1. The lowest BCUT2D eigenvalue weighted by molar-refractivity contribution is -0.118. The Morgan fingerprint density at radius 1 is 1.09 bits per heavy atom. The molecular formula is C24H21ClFN3O3S2. The van der Waals surface area contributed by atoms with Gasteiger partial charge in [0, 0.05) is 23.8 Å². The molecule has 176 valence electrons. The van der Waals surface area contributed by atoms with Gasteiger partial charge in [0.15, 0.2) is 15.0 Å². The lowest BCUT2D eigenvalue weighted by Crippen LogP contribution is -2.30. The molecule has 4 rings (SSSR count). The van der Waals surface area contributed by atoms with Gasteiger partial charge in [0.2, 0.25) is 5.91 Å². The van der Waals surface area contributed by atoms with E-state index in [0.29, 0.717) is 10.2 Å². The van der Waals surface area contributed by atoms with E-state index in [1.54, 1.807) is 23.4 Å². The number of sulfone groups is 1. The van der Waals surface area contributed by atoms with Gasteiger partial charge in [-0.1, -0.05) is 22.9 Å². The van der Waals surface area contributed by atoms with E-state index in [1.165, 1.54) is 23.5 Å². The van der Waals surface area contributed by atoms with Crippen molar-refractivity contribution in [3.05, 3.63) is 82.9 Å². The number of hydrogen-bond donors (Lipinski definition) is 0. The normalized spacial score (nSPS) is 11.6. The third-order valence-corrected chi connectivity index (χ3v) is 8.60. The van der Waals surface area contributed by atoms with Crippen molar-refractivity contribution in [1.82, 2.24) is 9.97 Å². The molecule has 0 N–H and O–H groups in total. The van der Waals surface area contributed by atoms with Gasteiger partial charge in [0.1, 0.15) is 5.82 Å². The summed E-state index contributed by atoms with van der Waals surface area (Å²) in [6.45, 7) is 2.15. The number of aryl methyl sites for hydroxylation is 1. The molecule has 0 unspecified atom stereocenters. The number of thiazole rings is 1. The van der Waals surface area contributed by atoms with Gasteiger partial charge in [-0.2, -0.15) is 0 Å². The second-order valence-corrected chi connectivity index (χ2v) is 11.3. The molecule has 0 bridgehead atoms. The van der Waals surface area contributed by atoms with Gasteiger partial charge in [-0.15, -0.1) is 0 Å². The molecule has 0 aliphatic heterocycles. The average molecular weight is 518 g/mol. The summed E-state index contributed by atoms with van der Waals surface area (Å²) in [4.78, 5) is 23.5. The molecule has 6 nitrogen and oxygen atoms in total. The summed E-state index contributed by atoms with van der Waals surface area (Å²) in [6.07, 6.45) is 3.44. The largest absolute Gasteiger partial charge is 0.284 e. The van der Waals surface area contributed by atoms with Crippen LogP contribution in [0, 0.1) is 12.7 Å². The molecule has 2 heterocycles. The Kier molecular flexibility index (Phi) is 7.25. The number of nitrogens with zero attached hydrogens (tertiary/aromatic N) is 3. The third kappa shape index (κ3) is 5.43. The maximum Gasteiger partial charge on any atom is 0.229 e. The summed E-state index contributed by atoms with van der Waals surface area (Å²) >= 11 is 7.62. The Hall–Kier alpha value is -2.88. The summed E-state index contributed by atoms with van der Waals surface area (Å²) in [6, 6.07) is 12.0. The van der Waals surface area contributed by atoms with Crippen LogP contribution < -0.4 is 4.90 Å². The molecule has 0 spiro atoms. The van der Waals surface area contributed by atoms with Crippen LogP contribution in [0.15, 0.2) is 65.8 Å². The Bertz CT molecular complexity index is 1430. The lowest BCUT2D eigenvalue weighted by Gasteiger charge is -2.20. The standard InChI is InChI=1S/C24H21ClFN3O3S2/c1-16-20(25)8-9-21-23(16)28-24(33-21)29(15-17-10-12-27-13-11-17)22(30)3-2-14-34(31,32)19-6-4-18(26)5-7-19/h4-13H,2-3,14-15H2,1H3. The maximum absolute atomic E-state index is 13.3. The topological polar surface area (TPSA) is 80.2 Å². The van der Waals surface area contributed by atoms with Crippen molar-refractivity contribution in [2.75, 3.05) is 10.7 Å². The van der Waals surface area contributed by atoms with Gasteiger partial charge >= 0.3 is 0 Å². The molecule has 4 aromatic rings. The van der Waals surface area contributed by atoms with Gasteiger partial charge in [-0.25, -0.2) is 17.8 Å². The monoisotopic (exact) mass is 517 g/mol. The summed E-state index contributed by atoms with van der Waals surface area (Å²) in [5.74, 6) is -0.968. The van der Waals surface area contributed by atoms with Crippen LogP contribution in [-0.2, 0) is 21.2 Å². The molecular weight excluding hydrogens is 497 g/mol. The number of amides is 1. The highest BCUT2D eigenvalue weighted by molar-refractivity contribution is 7.91. The second-order valence-electron chi connectivity index (χ2n) is 7.73. The minimum absolute atomic E-state index is 0.0151. The number of fused-ring (bicyclic) bond motifs is 1. The van der Waals surface area contributed by atoms with E-state index in [0.717, 1.165) is 33.5 Å². The quantitative estimate of drug-likeness (QED) is 0.285. The van der Waals surface area contributed by atoms with Crippen molar-refractivity contribution in [2.24, 2.45) is 0 Å². The zero-order valence-corrected chi connectivity index (χ0v) is 20.6. The molecule has 0 atom stereocenters. The predicted octanol–water partition coefficient (Wildman–Crippen LogP) is 5.58. The van der Waals surface area contributed by atoms with E-state index < -0.39 is 15.7 Å². The number of aromatic nitrogens is 2. The Morgan fingerprint density at radius 3 is 2.50 bits per heavy atom. The third-order valence-electron chi connectivity index (χ3n) is 5.34. The molecule has 0 radical (unpaired) electrons. The zero-order chi connectivity index (χ0) is 24.3. The fourth-order valence-electron chi connectivity index (χ4n) is 3.45. The van der Waals surface area contributed by atoms with Crippen LogP contribution in [-0.4, -0.2) is 30.0 Å². The van der Waals surface area contributed by atoms with Crippen molar-refractivity contribution in [1.29, 1.82) is 0 Å². The number of halogens is 2. The molecule has 0 fully saturated rings. The first-order chi connectivity index (χ1) is 16.2. The average Bonchev–Trinajstić information content (AvgIpc) is 3.25. The number of benzene rings is 2. The first-order valence-corrected chi connectivity index (χ1v) is 13.3. The molecule has 10 heteroatoms. The molecule has 1 amide bonds. The Labute approximate surface area is 206 Å². The molecule has 0 saturated heterocycles. The van der Waals surface area contributed by atoms with E-state index in [-0.39, 0.29) is 35.9 Å². The van der Waals surface area contributed by atoms with Crippen LogP contribution >= 0.6 is 22.9 Å². The molecule has 0 saturated carbocycles. The highest BCUT2D eigenvalue weighted by Gasteiger charge is 2.22. The lowest BCUT2D eigenvalue weighted by atomic mass is 10.2. The van der Waals surface area contributed by atoms with Crippen LogP contribution in [0.1, 0.15) is 24.0 Å². The maximum atomic E-state index is 13.3. The van der Waals surface area contributed by atoms with E-state index in [2.05, 4.69) is 9.97 Å². The number of rotatable bonds is 8. The summed E-state index contributed by atoms with van der Waals surface area (Å²) < 4.78 is 39.2. The van der Waals surface area contributed by atoms with E-state index in [4.69, 9.17) is 11.6 Å². The van der Waals surface area contributed by atoms with Crippen LogP contribution in [0.3, 0.4) is 0 Å². The molecule has 0 aliphatic carbocycles. The zero-order valence-electron chi connectivity index (χ0n) is 18.2. The van der Waals surface area contributed by atoms with Crippen molar-refractivity contribution < 1.29 is 17.6 Å². The Morgan fingerprint density at radius 2 is 1.79 bits per heavy atom. The van der Waals surface area contributed by atoms with Crippen LogP contribution in [0.4, 0.5) is 9.52 Å². The van der Waals surface area contributed by atoms with Crippen molar-refractivity contribution in [2.45, 2.75) is 31.2 Å². The van der Waals surface area contributed by atoms with E-state index in [9.17, 15) is 17.6 Å². The van der Waals surface area contributed by atoms with Gasteiger partial charge < -0.3 is 0 Å². The minimum atomic E-state index is -3.63. The van der Waals surface area contributed by atoms with Crippen molar-refractivity contribution >= 4 is 54.0 Å². The molecule has 34 heavy (non-hydrogen) atoms. The molecule has 2 aromatic carbocycles. The Balaban J connectivity index is 1.55. The van der Waals surface area contributed by atoms with Gasteiger partial charge in [0.05, 0.1) is 27.4 Å². The number of hydrogen-bond acceptors (Lipinski definition) is 6. The fourth-order valence-corrected chi connectivity index (χ4v) is 5.95. The highest BCUT2D eigenvalue weighted by atomic mass is 35.5. The van der Waals surface area contributed by atoms with Crippen molar-refractivity contribution in [3.8, 4) is 0 Å². The van der Waals surface area contributed by atoms with Gasteiger partial charge in [-0.3, -0.25) is 14.7 Å². The van der Waals surface area contributed by atoms with Gasteiger partial charge in [0.25, 0.3) is 0 Å². The minimum Gasteiger partial charge on any atom is -0.284 e. The number of carbonyl (C=O) groups is 1. The predicted molar refractivity (Wildman–Crippen MR) is 132 cm³/mol. The van der Waals surface area contributed by atoms with Crippen LogP contribution in [0.25, 0.3) is 10.2 Å².